The van der Waals surface area contributed by atoms with E-state index >= 15 is 0 Å². The van der Waals surface area contributed by atoms with Gasteiger partial charge in [-0.2, -0.15) is 0 Å². The standard InChI is InChI=1S/C5H4Cl2N4O3S/c6-4-8-1-3(15-4)2-10(7)5(12)9-11(13)14/h1H,2H2,(H,9,12). The van der Waals surface area contributed by atoms with Crippen LogP contribution in [0.1, 0.15) is 4.88 Å². The van der Waals surface area contributed by atoms with Crippen LogP contribution in [0, 0.1) is 10.1 Å². The van der Waals surface area contributed by atoms with Gasteiger partial charge in [0.25, 0.3) is 0 Å². The molecule has 1 N–H and O–H groups in total. The van der Waals surface area contributed by atoms with E-state index in [0.717, 1.165) is 11.3 Å². The minimum atomic E-state index is -1.02. The third-order valence-electron chi connectivity index (χ3n) is 1.23. The fourth-order valence-corrected chi connectivity index (χ4v) is 1.90. The predicted octanol–water partition coefficient (Wildman–Crippen LogP) is 1.65. The predicted molar refractivity (Wildman–Crippen MR) is 54.0 cm³/mol. The maximum atomic E-state index is 11.0. The molecule has 15 heavy (non-hydrogen) atoms. The molecule has 0 aliphatic rings. The lowest BCUT2D eigenvalue weighted by atomic mass is 10.5. The van der Waals surface area contributed by atoms with Crippen molar-refractivity contribution in [1.29, 1.82) is 0 Å². The zero-order valence-electron chi connectivity index (χ0n) is 7.02. The molecule has 0 saturated carbocycles. The maximum Gasteiger partial charge on any atom is 0.390 e. The van der Waals surface area contributed by atoms with Crippen molar-refractivity contribution < 1.29 is 9.83 Å². The van der Waals surface area contributed by atoms with Crippen molar-refractivity contribution in [3.05, 3.63) is 25.7 Å². The summed E-state index contributed by atoms with van der Waals surface area (Å²) < 4.78 is 0.942. The van der Waals surface area contributed by atoms with Crippen molar-refractivity contribution >= 4 is 40.7 Å². The van der Waals surface area contributed by atoms with E-state index in [-0.39, 0.29) is 6.54 Å². The number of hydrazine groups is 1. The summed E-state index contributed by atoms with van der Waals surface area (Å²) in [5.41, 5.74) is 1.40. The van der Waals surface area contributed by atoms with Crippen LogP contribution < -0.4 is 5.43 Å². The number of nitro groups is 1. The molecule has 0 radical (unpaired) electrons. The van der Waals surface area contributed by atoms with Crippen LogP contribution in [0.4, 0.5) is 4.79 Å². The van der Waals surface area contributed by atoms with Crippen molar-refractivity contribution in [3.63, 3.8) is 0 Å². The second-order valence-electron chi connectivity index (χ2n) is 2.27. The lowest BCUT2D eigenvalue weighted by Gasteiger charge is -2.08. The van der Waals surface area contributed by atoms with Crippen LogP contribution in [-0.4, -0.2) is 20.5 Å². The number of nitrogens with one attached hydrogen (secondary N) is 1. The van der Waals surface area contributed by atoms with E-state index in [1.807, 2.05) is 0 Å². The monoisotopic (exact) mass is 270 g/mol. The Morgan fingerprint density at radius 2 is 2.47 bits per heavy atom. The molecule has 0 fully saturated rings. The lowest BCUT2D eigenvalue weighted by Crippen LogP contribution is -2.37. The first-order chi connectivity index (χ1) is 6.99. The number of amides is 2. The van der Waals surface area contributed by atoms with E-state index < -0.39 is 11.1 Å². The molecule has 0 aliphatic heterocycles. The molecule has 0 unspecified atom stereocenters. The first kappa shape index (κ1) is 12.0. The Balaban J connectivity index is 2.51. The van der Waals surface area contributed by atoms with E-state index in [4.69, 9.17) is 23.4 Å². The van der Waals surface area contributed by atoms with E-state index in [1.54, 1.807) is 0 Å². The van der Waals surface area contributed by atoms with Crippen LogP contribution in [0.25, 0.3) is 0 Å². The molecule has 82 valence electrons. The Hall–Kier alpha value is -1.12. The van der Waals surface area contributed by atoms with Crippen molar-refractivity contribution in [3.8, 4) is 0 Å². The molecule has 7 nitrogen and oxygen atoms in total. The summed E-state index contributed by atoms with van der Waals surface area (Å²) in [4.78, 5) is 25.2. The van der Waals surface area contributed by atoms with Crippen molar-refractivity contribution in [2.45, 2.75) is 6.54 Å². The largest absolute Gasteiger partial charge is 0.390 e. The SMILES string of the molecule is O=C(N[N+](=O)[O-])N(Cl)Cc1cnc(Cl)s1. The fraction of sp³-hybridized carbons (Fsp3) is 0.200. The normalized spacial score (nSPS) is 9.73. The summed E-state index contributed by atoms with van der Waals surface area (Å²) in [6.07, 6.45) is 1.43. The number of carbonyl (C=O) groups is 1. The summed E-state index contributed by atoms with van der Waals surface area (Å²) in [5.74, 6) is 0. The molecule has 1 rings (SSSR count). The minimum absolute atomic E-state index is 0.00832. The zero-order valence-corrected chi connectivity index (χ0v) is 9.34. The quantitative estimate of drug-likeness (QED) is 0.514. The number of aromatic nitrogens is 1. The summed E-state index contributed by atoms with van der Waals surface area (Å²) >= 11 is 12.1. The van der Waals surface area contributed by atoms with Crippen molar-refractivity contribution in [2.75, 3.05) is 0 Å². The highest BCUT2D eigenvalue weighted by molar-refractivity contribution is 7.15. The van der Waals surface area contributed by atoms with Gasteiger partial charge >= 0.3 is 6.03 Å². The van der Waals surface area contributed by atoms with Crippen LogP contribution in [-0.2, 0) is 6.54 Å². The molecule has 1 heterocycles. The number of thiazole rings is 1. The first-order valence-electron chi connectivity index (χ1n) is 3.47. The molecule has 1 aromatic heterocycles. The molecule has 0 saturated heterocycles. The molecular weight excluding hydrogens is 267 g/mol. The van der Waals surface area contributed by atoms with Crippen LogP contribution in [0.5, 0.6) is 0 Å². The summed E-state index contributed by atoms with van der Waals surface area (Å²) in [7, 11) is 0. The molecule has 0 aliphatic carbocycles. The van der Waals surface area contributed by atoms with Gasteiger partial charge in [0.05, 0.1) is 6.54 Å². The molecule has 10 heteroatoms. The van der Waals surface area contributed by atoms with E-state index in [1.165, 1.54) is 11.6 Å². The highest BCUT2D eigenvalue weighted by atomic mass is 35.5. The molecule has 2 amide bonds. The molecule has 0 bridgehead atoms. The number of halogens is 2. The number of hydrogen-bond acceptors (Lipinski definition) is 5. The van der Waals surface area contributed by atoms with E-state index in [2.05, 4.69) is 4.98 Å². The minimum Gasteiger partial charge on any atom is -0.241 e. The highest BCUT2D eigenvalue weighted by Crippen LogP contribution is 2.19. The van der Waals surface area contributed by atoms with E-state index in [9.17, 15) is 14.9 Å². The smallest absolute Gasteiger partial charge is 0.241 e. The fourth-order valence-electron chi connectivity index (χ4n) is 0.698. The second-order valence-corrected chi connectivity index (χ2v) is 4.38. The summed E-state index contributed by atoms with van der Waals surface area (Å²) in [6, 6.07) is -1.02. The van der Waals surface area contributed by atoms with Crippen LogP contribution >= 0.6 is 34.7 Å². The Bertz CT molecular complexity index is 384. The highest BCUT2D eigenvalue weighted by Gasteiger charge is 2.16. The van der Waals surface area contributed by atoms with Gasteiger partial charge in [-0.15, -0.1) is 11.3 Å². The van der Waals surface area contributed by atoms with Gasteiger partial charge in [-0.05, 0) is 5.43 Å². The zero-order chi connectivity index (χ0) is 11.4. The molecule has 1 aromatic rings. The van der Waals surface area contributed by atoms with Gasteiger partial charge in [-0.1, -0.05) is 11.6 Å². The average Bonchev–Trinajstić information content (AvgIpc) is 2.50. The number of urea groups is 1. The number of nitrogens with zero attached hydrogens (tertiary/aromatic N) is 3. The Kier molecular flexibility index (Phi) is 4.06. The second kappa shape index (κ2) is 5.10. The van der Waals surface area contributed by atoms with Crippen molar-refractivity contribution in [1.82, 2.24) is 14.8 Å². The van der Waals surface area contributed by atoms with Gasteiger partial charge in [-0.25, -0.2) is 24.3 Å². The number of hydrogen-bond donors (Lipinski definition) is 1. The Morgan fingerprint density at radius 1 is 1.80 bits per heavy atom. The van der Waals surface area contributed by atoms with Gasteiger partial charge in [0.1, 0.15) is 0 Å². The van der Waals surface area contributed by atoms with E-state index in [0.29, 0.717) is 13.8 Å². The Labute approximate surface area is 97.8 Å². The van der Waals surface area contributed by atoms with Crippen LogP contribution in [0.2, 0.25) is 4.47 Å². The van der Waals surface area contributed by atoms with Crippen LogP contribution in [0.3, 0.4) is 0 Å². The van der Waals surface area contributed by atoms with Gasteiger partial charge in [0, 0.05) is 22.9 Å². The molecule has 0 aromatic carbocycles. The summed E-state index contributed by atoms with van der Waals surface area (Å²) in [5, 5.41) is 8.94. The molecule has 0 spiro atoms. The topological polar surface area (TPSA) is 88.4 Å². The van der Waals surface area contributed by atoms with Gasteiger partial charge in [0.2, 0.25) is 0 Å². The maximum absolute atomic E-state index is 11.0. The first-order valence-corrected chi connectivity index (χ1v) is 5.01. The summed E-state index contributed by atoms with van der Waals surface area (Å²) in [6.45, 7) is -0.00832. The Morgan fingerprint density at radius 3 is 2.93 bits per heavy atom. The third kappa shape index (κ3) is 3.86. The van der Waals surface area contributed by atoms with Crippen LogP contribution in [0.15, 0.2) is 6.20 Å². The van der Waals surface area contributed by atoms with Gasteiger partial charge < -0.3 is 0 Å². The lowest BCUT2D eigenvalue weighted by molar-refractivity contribution is -0.528. The molecular formula is C5H4Cl2N4O3S. The van der Waals surface area contributed by atoms with Crippen molar-refractivity contribution in [2.24, 2.45) is 0 Å². The number of rotatable bonds is 3. The third-order valence-corrected chi connectivity index (χ3v) is 2.60. The average molecular weight is 271 g/mol. The molecule has 0 atom stereocenters. The van der Waals surface area contributed by atoms with Gasteiger partial charge in [-0.3, -0.25) is 0 Å². The number of carbonyl (C=O) groups excluding carboxylic acids is 1. The van der Waals surface area contributed by atoms with Gasteiger partial charge in [0.15, 0.2) is 9.50 Å².